The smallest absolute Gasteiger partial charge is 0.256 e. The summed E-state index contributed by atoms with van der Waals surface area (Å²) >= 11 is 0. The van der Waals surface area contributed by atoms with Gasteiger partial charge in [-0.2, -0.15) is 10.2 Å². The Balaban J connectivity index is 1.80. The maximum absolute atomic E-state index is 14.7. The molecular weight excluding hydrogens is 423 g/mol. The minimum Gasteiger partial charge on any atom is -0.479 e. The average molecular weight is 443 g/mol. The lowest BCUT2D eigenvalue weighted by Crippen LogP contribution is -2.22. The van der Waals surface area contributed by atoms with Crippen molar-refractivity contribution in [2.24, 2.45) is 5.41 Å². The molecule has 4 aromatic rings. The molecule has 8 nitrogen and oxygen atoms in total. The Morgan fingerprint density at radius 2 is 2.09 bits per heavy atom. The lowest BCUT2D eigenvalue weighted by molar-refractivity contribution is 0.128. The predicted octanol–water partition coefficient (Wildman–Crippen LogP) is 4.12. The maximum atomic E-state index is 14.7. The van der Waals surface area contributed by atoms with Crippen molar-refractivity contribution in [3.05, 3.63) is 36.5 Å². The molecule has 0 bridgehead atoms. The summed E-state index contributed by atoms with van der Waals surface area (Å²) in [4.78, 5) is 8.28. The molecule has 0 saturated carbocycles. The van der Waals surface area contributed by atoms with Gasteiger partial charge in [0.1, 0.15) is 11.0 Å². The molecule has 166 valence electrons. The van der Waals surface area contributed by atoms with Gasteiger partial charge in [0.15, 0.2) is 5.82 Å². The van der Waals surface area contributed by atoms with E-state index in [1.54, 1.807) is 32.2 Å². The van der Waals surface area contributed by atoms with E-state index in [4.69, 9.17) is 4.74 Å². The van der Waals surface area contributed by atoms with E-state index in [1.165, 1.54) is 28.6 Å². The summed E-state index contributed by atoms with van der Waals surface area (Å²) in [5.74, 6) is -0.128. The second kappa shape index (κ2) is 8.03. The maximum Gasteiger partial charge on any atom is 0.256 e. The summed E-state index contributed by atoms with van der Waals surface area (Å²) in [6.07, 6.45) is 0.264. The van der Waals surface area contributed by atoms with Crippen LogP contribution in [0.4, 0.5) is 19.1 Å². The quantitative estimate of drug-likeness (QED) is 0.462. The van der Waals surface area contributed by atoms with E-state index in [0.29, 0.717) is 23.2 Å². The van der Waals surface area contributed by atoms with Crippen LogP contribution in [0, 0.1) is 22.6 Å². The number of alkyl halides is 2. The number of imidazole rings is 1. The third-order valence-corrected chi connectivity index (χ3v) is 4.99. The van der Waals surface area contributed by atoms with Crippen LogP contribution in [0.2, 0.25) is 0 Å². The molecule has 0 aliphatic rings. The van der Waals surface area contributed by atoms with E-state index in [0.717, 1.165) is 0 Å². The van der Waals surface area contributed by atoms with Gasteiger partial charge in [-0.15, -0.1) is 5.10 Å². The van der Waals surface area contributed by atoms with E-state index in [9.17, 15) is 18.4 Å². The van der Waals surface area contributed by atoms with Crippen molar-refractivity contribution in [1.29, 1.82) is 5.26 Å². The van der Waals surface area contributed by atoms with Crippen molar-refractivity contribution in [3.63, 3.8) is 0 Å². The zero-order valence-electron chi connectivity index (χ0n) is 17.6. The second-order valence-electron chi connectivity index (χ2n) is 7.93. The number of nitriles is 1. The first-order valence-corrected chi connectivity index (χ1v) is 9.74. The van der Waals surface area contributed by atoms with Gasteiger partial charge in [-0.3, -0.25) is 0 Å². The fourth-order valence-electron chi connectivity index (χ4n) is 3.35. The van der Waals surface area contributed by atoms with Crippen LogP contribution in [0.1, 0.15) is 13.8 Å². The number of fused-ring (bicyclic) bond motifs is 2. The number of ether oxygens (including phenoxy) is 1. The van der Waals surface area contributed by atoms with Crippen molar-refractivity contribution in [2.75, 3.05) is 19.0 Å². The van der Waals surface area contributed by atoms with E-state index in [-0.39, 0.29) is 22.9 Å². The predicted molar refractivity (Wildman–Crippen MR) is 112 cm³/mol. The molecule has 11 heteroatoms. The minimum atomic E-state index is -2.60. The van der Waals surface area contributed by atoms with Crippen molar-refractivity contribution >= 4 is 22.5 Å². The van der Waals surface area contributed by atoms with E-state index in [1.807, 2.05) is 0 Å². The van der Waals surface area contributed by atoms with Crippen molar-refractivity contribution in [1.82, 2.24) is 24.1 Å². The molecule has 3 heterocycles. The third kappa shape index (κ3) is 3.91. The number of hydrogen-bond acceptors (Lipinski definition) is 6. The molecule has 0 fully saturated rings. The molecule has 0 aliphatic heterocycles. The summed E-state index contributed by atoms with van der Waals surface area (Å²) in [7, 11) is 1.45. The number of anilines is 1. The monoisotopic (exact) mass is 443 g/mol. The van der Waals surface area contributed by atoms with Crippen LogP contribution < -0.4 is 10.1 Å². The Hall–Kier alpha value is -3.81. The highest BCUT2D eigenvalue weighted by molar-refractivity contribution is 5.90. The van der Waals surface area contributed by atoms with Crippen LogP contribution in [-0.4, -0.2) is 44.2 Å². The fraction of sp³-hybridized carbons (Fsp3) is 0.333. The molecular formula is C21H20F3N7O. The lowest BCUT2D eigenvalue weighted by atomic mass is 9.96. The van der Waals surface area contributed by atoms with Gasteiger partial charge in [-0.25, -0.2) is 22.7 Å². The van der Waals surface area contributed by atoms with Crippen LogP contribution in [-0.2, 0) is 6.54 Å². The van der Waals surface area contributed by atoms with Gasteiger partial charge in [-0.05, 0) is 37.6 Å². The molecule has 4 rings (SSSR count). The number of rotatable bonds is 7. The van der Waals surface area contributed by atoms with Gasteiger partial charge >= 0.3 is 0 Å². The molecule has 0 spiro atoms. The van der Waals surface area contributed by atoms with Gasteiger partial charge in [-0.1, -0.05) is 0 Å². The van der Waals surface area contributed by atoms with Crippen molar-refractivity contribution in [3.8, 4) is 23.1 Å². The van der Waals surface area contributed by atoms with E-state index < -0.39 is 24.2 Å². The molecule has 0 unspecified atom stereocenters. The van der Waals surface area contributed by atoms with Crippen LogP contribution in [0.5, 0.6) is 5.88 Å². The molecule has 1 N–H and O–H groups in total. The van der Waals surface area contributed by atoms with Gasteiger partial charge in [0.25, 0.3) is 6.43 Å². The molecule has 0 amide bonds. The molecule has 0 saturated heterocycles. The summed E-state index contributed by atoms with van der Waals surface area (Å²) < 4.78 is 48.7. The van der Waals surface area contributed by atoms with Crippen LogP contribution >= 0.6 is 0 Å². The second-order valence-corrected chi connectivity index (χ2v) is 7.93. The Labute approximate surface area is 181 Å². The number of nitrogens with one attached hydrogen (secondary N) is 1. The van der Waals surface area contributed by atoms with Crippen LogP contribution in [0.25, 0.3) is 27.7 Å². The fourth-order valence-corrected chi connectivity index (χ4v) is 3.35. The normalized spacial score (nSPS) is 11.9. The Morgan fingerprint density at radius 1 is 1.31 bits per heavy atom. The van der Waals surface area contributed by atoms with Crippen molar-refractivity contribution < 1.29 is 17.9 Å². The van der Waals surface area contributed by atoms with Crippen LogP contribution in [0.15, 0.2) is 30.7 Å². The first-order chi connectivity index (χ1) is 15.2. The number of hydrogen-bond donors (Lipinski definition) is 1. The van der Waals surface area contributed by atoms with Gasteiger partial charge in [0.2, 0.25) is 11.8 Å². The van der Waals surface area contributed by atoms with Crippen LogP contribution in [0.3, 0.4) is 0 Å². The molecule has 0 aliphatic carbocycles. The largest absolute Gasteiger partial charge is 0.479 e. The summed E-state index contributed by atoms with van der Waals surface area (Å²) in [6, 6.07) is 6.79. The van der Waals surface area contributed by atoms with Gasteiger partial charge in [0.05, 0.1) is 37.0 Å². The number of methoxy groups -OCH3 is 1. The minimum absolute atomic E-state index is 0.0210. The van der Waals surface area contributed by atoms with Gasteiger partial charge in [0, 0.05) is 18.3 Å². The summed E-state index contributed by atoms with van der Waals surface area (Å²) in [5.41, 5.74) is 1.15. The van der Waals surface area contributed by atoms with E-state index in [2.05, 4.69) is 26.5 Å². The number of halogens is 3. The average Bonchev–Trinajstić information content (AvgIpc) is 3.36. The van der Waals surface area contributed by atoms with E-state index >= 15 is 0 Å². The molecule has 0 atom stereocenters. The number of nitrogens with zero attached hydrogens (tertiary/aromatic N) is 6. The molecule has 0 radical (unpaired) electrons. The highest BCUT2D eigenvalue weighted by Crippen LogP contribution is 2.34. The number of benzene rings is 1. The first kappa shape index (κ1) is 21.4. The lowest BCUT2D eigenvalue weighted by Gasteiger charge is -2.16. The molecule has 1 aromatic carbocycles. The Bertz CT molecular complexity index is 1340. The summed E-state index contributed by atoms with van der Waals surface area (Å²) in [5, 5.41) is 16.6. The standard InChI is InChI=1S/C21H20F3N7O/c1-21(2,9-25)10-26-20-28-19(32-3)18-13(4-5-31(18)29-20)12-6-14(22)17-15(7-12)30(11-27-17)8-16(23)24/h4-7,11,16H,8,10H2,1-3H3,(H,26,29). The highest BCUT2D eigenvalue weighted by Gasteiger charge is 2.20. The highest BCUT2D eigenvalue weighted by atomic mass is 19.3. The molecule has 32 heavy (non-hydrogen) atoms. The zero-order valence-corrected chi connectivity index (χ0v) is 17.6. The number of aromatic nitrogens is 5. The molecule has 3 aromatic heterocycles. The zero-order chi connectivity index (χ0) is 23.0. The van der Waals surface area contributed by atoms with Gasteiger partial charge < -0.3 is 14.6 Å². The first-order valence-electron chi connectivity index (χ1n) is 9.74. The van der Waals surface area contributed by atoms with Crippen molar-refractivity contribution in [2.45, 2.75) is 26.8 Å². The topological polar surface area (TPSA) is 93.1 Å². The Morgan fingerprint density at radius 3 is 2.78 bits per heavy atom. The SMILES string of the molecule is COc1nc(NCC(C)(C)C#N)nn2ccc(-c3cc(F)c4ncn(CC(F)F)c4c3)c12. The third-order valence-electron chi connectivity index (χ3n) is 4.99. The Kier molecular flexibility index (Phi) is 5.38. The summed E-state index contributed by atoms with van der Waals surface area (Å²) in [6.45, 7) is 3.30.